The van der Waals surface area contributed by atoms with E-state index in [-0.39, 0.29) is 6.61 Å². The molecular formula is C12H8F2N2O4S. The zero-order chi connectivity index (χ0) is 15.6. The van der Waals surface area contributed by atoms with Crippen LogP contribution >= 0.6 is 11.3 Å². The highest BCUT2D eigenvalue weighted by Gasteiger charge is 2.23. The molecule has 0 aliphatic carbocycles. The molecule has 9 heteroatoms. The van der Waals surface area contributed by atoms with Crippen molar-refractivity contribution in [3.05, 3.63) is 55.5 Å². The first-order valence-electron chi connectivity index (χ1n) is 5.60. The van der Waals surface area contributed by atoms with Crippen LogP contribution in [0.1, 0.15) is 21.1 Å². The Morgan fingerprint density at radius 1 is 1.43 bits per heavy atom. The highest BCUT2D eigenvalue weighted by Crippen LogP contribution is 2.22. The molecular weight excluding hydrogens is 306 g/mol. The molecule has 0 saturated carbocycles. The first-order valence-corrected chi connectivity index (χ1v) is 6.48. The van der Waals surface area contributed by atoms with Crippen molar-refractivity contribution in [1.29, 1.82) is 0 Å². The second-order valence-corrected chi connectivity index (χ2v) is 4.94. The number of carbonyl (C=O) groups excluding carboxylic acids is 1. The number of esters is 1. The second-order valence-electron chi connectivity index (χ2n) is 4.00. The van der Waals surface area contributed by atoms with Gasteiger partial charge in [-0.25, -0.2) is 14.2 Å². The lowest BCUT2D eigenvalue weighted by Crippen LogP contribution is -2.09. The number of nitrogens with zero attached hydrogens (tertiary/aromatic N) is 2. The fraction of sp³-hybridized carbons (Fsp3) is 0.167. The molecule has 0 atom stereocenters. The molecule has 0 aliphatic heterocycles. The number of carbonyl (C=O) groups is 1. The lowest BCUT2D eigenvalue weighted by Gasteiger charge is -2.04. The van der Waals surface area contributed by atoms with Crippen LogP contribution < -0.4 is 0 Å². The van der Waals surface area contributed by atoms with Gasteiger partial charge in [-0.05, 0) is 13.0 Å². The van der Waals surface area contributed by atoms with Crippen LogP contribution in [0.15, 0.2) is 17.5 Å². The summed E-state index contributed by atoms with van der Waals surface area (Å²) in [7, 11) is 0. The molecule has 0 amide bonds. The highest BCUT2D eigenvalue weighted by atomic mass is 32.1. The molecule has 0 aliphatic rings. The van der Waals surface area contributed by atoms with E-state index in [1.807, 2.05) is 0 Å². The van der Waals surface area contributed by atoms with Crippen molar-refractivity contribution in [2.45, 2.75) is 13.5 Å². The van der Waals surface area contributed by atoms with Crippen LogP contribution in [-0.4, -0.2) is 15.9 Å². The van der Waals surface area contributed by atoms with Crippen molar-refractivity contribution < 1.29 is 23.2 Å². The van der Waals surface area contributed by atoms with Gasteiger partial charge in [0.1, 0.15) is 17.4 Å². The van der Waals surface area contributed by atoms with Crippen LogP contribution in [0, 0.1) is 28.7 Å². The highest BCUT2D eigenvalue weighted by molar-refractivity contribution is 7.09. The van der Waals surface area contributed by atoms with Crippen LogP contribution in [-0.2, 0) is 11.3 Å². The number of aromatic nitrogens is 1. The fourth-order valence-corrected chi connectivity index (χ4v) is 2.19. The lowest BCUT2D eigenvalue weighted by molar-refractivity contribution is -0.387. The average molecular weight is 314 g/mol. The van der Waals surface area contributed by atoms with Gasteiger partial charge in [-0.15, -0.1) is 11.3 Å². The third kappa shape index (κ3) is 3.37. The summed E-state index contributed by atoms with van der Waals surface area (Å²) in [6.07, 6.45) is 0. The summed E-state index contributed by atoms with van der Waals surface area (Å²) in [5.41, 5.74) is -0.996. The molecule has 0 N–H and O–H groups in total. The van der Waals surface area contributed by atoms with Gasteiger partial charge in [0.15, 0.2) is 0 Å². The minimum absolute atomic E-state index is 0.185. The predicted molar refractivity (Wildman–Crippen MR) is 69.0 cm³/mol. The van der Waals surface area contributed by atoms with Crippen LogP contribution in [0.3, 0.4) is 0 Å². The minimum atomic E-state index is -1.31. The molecule has 0 fully saturated rings. The van der Waals surface area contributed by atoms with E-state index in [2.05, 4.69) is 4.98 Å². The molecule has 1 aromatic carbocycles. The summed E-state index contributed by atoms with van der Waals surface area (Å²) in [6.45, 7) is 1.57. The normalized spacial score (nSPS) is 10.4. The van der Waals surface area contributed by atoms with Crippen molar-refractivity contribution in [3.63, 3.8) is 0 Å². The number of rotatable bonds is 4. The van der Waals surface area contributed by atoms with Gasteiger partial charge in [-0.1, -0.05) is 0 Å². The number of hydrogen-bond acceptors (Lipinski definition) is 6. The fourth-order valence-electron chi connectivity index (χ4n) is 1.51. The van der Waals surface area contributed by atoms with Crippen molar-refractivity contribution in [3.8, 4) is 0 Å². The van der Waals surface area contributed by atoms with Gasteiger partial charge in [-0.2, -0.15) is 4.39 Å². The molecule has 6 nitrogen and oxygen atoms in total. The van der Waals surface area contributed by atoms with Gasteiger partial charge < -0.3 is 4.74 Å². The molecule has 2 aromatic rings. The summed E-state index contributed by atoms with van der Waals surface area (Å²) in [5, 5.41) is 12.7. The first-order chi connectivity index (χ1) is 9.88. The number of aryl methyl sites for hydroxylation is 1. The number of halogens is 2. The number of benzene rings is 1. The molecule has 2 rings (SSSR count). The molecule has 110 valence electrons. The first kappa shape index (κ1) is 15.0. The number of ether oxygens (including phenoxy) is 1. The van der Waals surface area contributed by atoms with E-state index >= 15 is 0 Å². The summed E-state index contributed by atoms with van der Waals surface area (Å²) < 4.78 is 31.8. The molecule has 0 bridgehead atoms. The van der Waals surface area contributed by atoms with Crippen molar-refractivity contribution in [2.75, 3.05) is 0 Å². The van der Waals surface area contributed by atoms with E-state index in [1.54, 1.807) is 12.3 Å². The van der Waals surface area contributed by atoms with Crippen molar-refractivity contribution >= 4 is 23.0 Å². The van der Waals surface area contributed by atoms with Crippen LogP contribution in [0.25, 0.3) is 0 Å². The third-order valence-corrected chi connectivity index (χ3v) is 3.39. The summed E-state index contributed by atoms with van der Waals surface area (Å²) in [4.78, 5) is 25.1. The Balaban J connectivity index is 2.15. The number of nitro groups is 1. The third-order valence-electron chi connectivity index (χ3n) is 2.45. The quantitative estimate of drug-likeness (QED) is 0.492. The van der Waals surface area contributed by atoms with Crippen LogP contribution in [0.5, 0.6) is 0 Å². The Kier molecular flexibility index (Phi) is 4.22. The largest absolute Gasteiger partial charge is 0.455 e. The molecule has 0 saturated heterocycles. The van der Waals surface area contributed by atoms with E-state index in [0.717, 1.165) is 5.69 Å². The predicted octanol–water partition coefficient (Wildman–Crippen LogP) is 2.99. The van der Waals surface area contributed by atoms with E-state index in [4.69, 9.17) is 4.74 Å². The van der Waals surface area contributed by atoms with Crippen LogP contribution in [0.4, 0.5) is 14.5 Å². The second kappa shape index (κ2) is 5.92. The summed E-state index contributed by atoms with van der Waals surface area (Å²) in [6, 6.07) is 0.794. The number of hydrogen-bond donors (Lipinski definition) is 0. The van der Waals surface area contributed by atoms with Crippen molar-refractivity contribution in [1.82, 2.24) is 4.98 Å². The average Bonchev–Trinajstić information content (AvgIpc) is 2.83. The van der Waals surface area contributed by atoms with Gasteiger partial charge in [0.2, 0.25) is 5.82 Å². The van der Waals surface area contributed by atoms with Gasteiger partial charge in [-0.3, -0.25) is 10.1 Å². The Bertz CT molecular complexity index is 717. The van der Waals surface area contributed by atoms with E-state index in [9.17, 15) is 23.7 Å². The van der Waals surface area contributed by atoms with E-state index in [1.165, 1.54) is 11.3 Å². The summed E-state index contributed by atoms with van der Waals surface area (Å²) >= 11 is 1.25. The zero-order valence-electron chi connectivity index (χ0n) is 10.6. The Morgan fingerprint density at radius 3 is 2.71 bits per heavy atom. The Morgan fingerprint density at radius 2 is 2.14 bits per heavy atom. The SMILES string of the molecule is Cc1csc(COC(=O)c2cc(F)c([N+](=O)[O-])cc2F)n1. The lowest BCUT2D eigenvalue weighted by atomic mass is 10.2. The number of nitro benzene ring substituents is 1. The smallest absolute Gasteiger partial charge is 0.341 e. The van der Waals surface area contributed by atoms with Gasteiger partial charge in [0.05, 0.1) is 16.6 Å². The standard InChI is InChI=1S/C12H8F2N2O4S/c1-6-5-21-11(15-6)4-20-12(17)7-2-9(14)10(16(18)19)3-8(7)13/h2-3,5H,4H2,1H3. The van der Waals surface area contributed by atoms with E-state index < -0.39 is 33.8 Å². The molecule has 21 heavy (non-hydrogen) atoms. The molecule has 0 radical (unpaired) electrons. The van der Waals surface area contributed by atoms with Crippen LogP contribution in [0.2, 0.25) is 0 Å². The minimum Gasteiger partial charge on any atom is -0.455 e. The zero-order valence-corrected chi connectivity index (χ0v) is 11.4. The number of thiazole rings is 1. The molecule has 1 heterocycles. The van der Waals surface area contributed by atoms with Gasteiger partial charge >= 0.3 is 11.7 Å². The molecule has 0 unspecified atom stereocenters. The maximum Gasteiger partial charge on any atom is 0.341 e. The Labute approximate surface area is 121 Å². The van der Waals surface area contributed by atoms with Gasteiger partial charge in [0.25, 0.3) is 0 Å². The Hall–Kier alpha value is -2.42. The maximum absolute atomic E-state index is 13.6. The van der Waals surface area contributed by atoms with E-state index in [0.29, 0.717) is 17.1 Å². The molecule has 1 aromatic heterocycles. The van der Waals surface area contributed by atoms with Crippen molar-refractivity contribution in [2.24, 2.45) is 0 Å². The topological polar surface area (TPSA) is 82.3 Å². The molecule has 0 spiro atoms. The summed E-state index contributed by atoms with van der Waals surface area (Å²) in [5.74, 6) is -3.64. The maximum atomic E-state index is 13.6. The van der Waals surface area contributed by atoms with Gasteiger partial charge in [0, 0.05) is 11.1 Å². The monoisotopic (exact) mass is 314 g/mol.